The van der Waals surface area contributed by atoms with Crippen molar-refractivity contribution < 1.29 is 34.8 Å². The Kier molecular flexibility index (Phi) is 4.16. The first-order valence-electron chi connectivity index (χ1n) is 9.19. The molecule has 6 N–H and O–H groups in total. The van der Waals surface area contributed by atoms with Crippen LogP contribution in [-0.2, 0) is 16.0 Å². The average molecular weight is 412 g/mol. The van der Waals surface area contributed by atoms with Gasteiger partial charge in [-0.2, -0.15) is 0 Å². The van der Waals surface area contributed by atoms with E-state index in [0.29, 0.717) is 10.9 Å². The molecule has 0 aromatic heterocycles. The number of phenols is 2. The number of carbonyl (C=O) groups is 3. The molecule has 156 valence electrons. The number of rotatable bonds is 2. The maximum Gasteiger partial charge on any atom is 0.255 e. The molecule has 4 rings (SSSR count). The van der Waals surface area contributed by atoms with E-state index in [1.807, 2.05) is 0 Å². The highest BCUT2D eigenvalue weighted by atomic mass is 16.3. The summed E-state index contributed by atoms with van der Waals surface area (Å²) in [5, 5.41) is 43.4. The number of carbonyl (C=O) groups excluding carboxylic acids is 3. The maximum atomic E-state index is 13.4. The zero-order chi connectivity index (χ0) is 22.1. The molecule has 3 atom stereocenters. The highest BCUT2D eigenvalue weighted by Gasteiger charge is 2.62. The molecule has 0 unspecified atom stereocenters. The van der Waals surface area contributed by atoms with E-state index in [9.17, 15) is 34.8 Å². The standard InChI is InChI=1S/C21H20N2O7/c1-23(2)15-10-7-9-6-8-4-3-5-11(24)12(8)16(25)13(9)18(27)21(10,30)19(28)14(17(15)26)20(22)29/h3-6,10,15,24-25,28,30H,7H2,1-2H3,(H2,22,29)/t10-,15-,21+/m1/s1. The number of amides is 1. The van der Waals surface area contributed by atoms with Crippen LogP contribution in [0.15, 0.2) is 35.6 Å². The highest BCUT2D eigenvalue weighted by Crippen LogP contribution is 2.49. The average Bonchev–Trinajstić information content (AvgIpc) is 2.64. The number of fused-ring (bicyclic) bond motifs is 3. The summed E-state index contributed by atoms with van der Waals surface area (Å²) in [7, 11) is 3.08. The van der Waals surface area contributed by atoms with Crippen molar-refractivity contribution in [1.29, 1.82) is 0 Å². The molecule has 0 saturated carbocycles. The molecule has 30 heavy (non-hydrogen) atoms. The van der Waals surface area contributed by atoms with E-state index in [-0.39, 0.29) is 23.1 Å². The summed E-state index contributed by atoms with van der Waals surface area (Å²) >= 11 is 0. The molecule has 0 radical (unpaired) electrons. The zero-order valence-corrected chi connectivity index (χ0v) is 16.2. The van der Waals surface area contributed by atoms with Crippen LogP contribution in [0.25, 0.3) is 10.8 Å². The van der Waals surface area contributed by atoms with Crippen molar-refractivity contribution in [2.45, 2.75) is 18.1 Å². The van der Waals surface area contributed by atoms with Gasteiger partial charge in [0.2, 0.25) is 5.78 Å². The SMILES string of the molecule is CN(C)[C@H]1C(=O)C(C(N)=O)=C(O)[C@@]2(O)C(=O)c3c(cc4cccc(O)c4c3O)C[C@H]12. The number of ketones is 2. The van der Waals surface area contributed by atoms with Crippen LogP contribution < -0.4 is 5.73 Å². The molecule has 0 saturated heterocycles. The number of nitrogens with zero attached hydrogens (tertiary/aromatic N) is 1. The van der Waals surface area contributed by atoms with Crippen molar-refractivity contribution >= 4 is 28.2 Å². The molecule has 1 amide bonds. The van der Waals surface area contributed by atoms with Crippen LogP contribution in [0.3, 0.4) is 0 Å². The lowest BCUT2D eigenvalue weighted by Crippen LogP contribution is -2.64. The second-order valence-electron chi connectivity index (χ2n) is 7.90. The molecule has 2 aromatic rings. The Balaban J connectivity index is 2.07. The Bertz CT molecular complexity index is 1180. The minimum atomic E-state index is -2.64. The second kappa shape index (κ2) is 6.28. The van der Waals surface area contributed by atoms with E-state index < -0.39 is 52.1 Å². The summed E-state index contributed by atoms with van der Waals surface area (Å²) < 4.78 is 0. The summed E-state index contributed by atoms with van der Waals surface area (Å²) in [6.45, 7) is 0. The van der Waals surface area contributed by atoms with E-state index in [0.717, 1.165) is 0 Å². The van der Waals surface area contributed by atoms with Crippen LogP contribution in [0.4, 0.5) is 0 Å². The lowest BCUT2D eigenvalue weighted by atomic mass is 9.62. The first-order valence-corrected chi connectivity index (χ1v) is 9.19. The molecule has 0 aliphatic heterocycles. The number of aliphatic hydroxyl groups is 2. The van der Waals surface area contributed by atoms with Gasteiger partial charge in [0.25, 0.3) is 5.91 Å². The van der Waals surface area contributed by atoms with Gasteiger partial charge in [-0.05, 0) is 37.5 Å². The van der Waals surface area contributed by atoms with E-state index in [1.54, 1.807) is 32.3 Å². The van der Waals surface area contributed by atoms with E-state index >= 15 is 0 Å². The normalized spacial score (nSPS) is 26.1. The number of primary amides is 1. The fourth-order valence-corrected chi connectivity index (χ4v) is 4.72. The van der Waals surface area contributed by atoms with Crippen molar-refractivity contribution in [3.05, 3.63) is 46.7 Å². The van der Waals surface area contributed by atoms with Crippen LogP contribution in [0.1, 0.15) is 15.9 Å². The largest absolute Gasteiger partial charge is 0.508 e. The molecule has 0 fully saturated rings. The Morgan fingerprint density at radius 1 is 1.20 bits per heavy atom. The van der Waals surface area contributed by atoms with Gasteiger partial charge in [-0.25, -0.2) is 0 Å². The van der Waals surface area contributed by atoms with E-state index in [4.69, 9.17) is 5.73 Å². The number of hydrogen-bond donors (Lipinski definition) is 5. The van der Waals surface area contributed by atoms with Gasteiger partial charge in [0.05, 0.1) is 17.0 Å². The first kappa shape index (κ1) is 19.9. The molecule has 2 aromatic carbocycles. The molecule has 9 heteroatoms. The van der Waals surface area contributed by atoms with Gasteiger partial charge >= 0.3 is 0 Å². The lowest BCUT2D eigenvalue weighted by molar-refractivity contribution is -0.132. The van der Waals surface area contributed by atoms with Crippen molar-refractivity contribution in [3.8, 4) is 11.5 Å². The van der Waals surface area contributed by atoms with Crippen LogP contribution in [0, 0.1) is 5.92 Å². The van der Waals surface area contributed by atoms with Gasteiger partial charge in [-0.1, -0.05) is 18.2 Å². The Morgan fingerprint density at radius 3 is 2.47 bits per heavy atom. The van der Waals surface area contributed by atoms with Crippen molar-refractivity contribution in [3.63, 3.8) is 0 Å². The molecule has 9 nitrogen and oxygen atoms in total. The fraction of sp³-hybridized carbons (Fsp3) is 0.286. The quantitative estimate of drug-likeness (QED) is 0.435. The Morgan fingerprint density at radius 2 is 1.87 bits per heavy atom. The molecule has 0 spiro atoms. The smallest absolute Gasteiger partial charge is 0.255 e. The highest BCUT2D eigenvalue weighted by molar-refractivity contribution is 6.24. The minimum absolute atomic E-state index is 0.0151. The molecule has 2 aliphatic carbocycles. The topological polar surface area (TPSA) is 161 Å². The summed E-state index contributed by atoms with van der Waals surface area (Å²) in [4.78, 5) is 39.6. The number of aliphatic hydroxyl groups excluding tert-OH is 1. The molecular weight excluding hydrogens is 392 g/mol. The number of benzene rings is 2. The Labute approximate surface area is 170 Å². The van der Waals surface area contributed by atoms with Crippen LogP contribution in [0.5, 0.6) is 11.5 Å². The van der Waals surface area contributed by atoms with Gasteiger partial charge in [0.15, 0.2) is 11.4 Å². The van der Waals surface area contributed by atoms with Gasteiger partial charge in [-0.3, -0.25) is 19.3 Å². The zero-order valence-electron chi connectivity index (χ0n) is 16.2. The van der Waals surface area contributed by atoms with Crippen LogP contribution in [0.2, 0.25) is 0 Å². The number of phenolic OH excluding ortho intramolecular Hbond substituents is 2. The molecular formula is C21H20N2O7. The van der Waals surface area contributed by atoms with Gasteiger partial charge in [0.1, 0.15) is 22.8 Å². The molecule has 0 bridgehead atoms. The second-order valence-corrected chi connectivity index (χ2v) is 7.90. The third-order valence-corrected chi connectivity index (χ3v) is 6.05. The van der Waals surface area contributed by atoms with Crippen molar-refractivity contribution in [1.82, 2.24) is 4.90 Å². The summed E-state index contributed by atoms with van der Waals surface area (Å²) in [5.74, 6) is -6.20. The van der Waals surface area contributed by atoms with Gasteiger partial charge < -0.3 is 26.2 Å². The third-order valence-electron chi connectivity index (χ3n) is 6.05. The van der Waals surface area contributed by atoms with E-state index in [2.05, 4.69) is 0 Å². The van der Waals surface area contributed by atoms with Crippen LogP contribution >= 0.6 is 0 Å². The Hall–Kier alpha value is -3.43. The van der Waals surface area contributed by atoms with Crippen molar-refractivity contribution in [2.75, 3.05) is 14.1 Å². The van der Waals surface area contributed by atoms with Gasteiger partial charge in [-0.15, -0.1) is 0 Å². The lowest BCUT2D eigenvalue weighted by Gasteiger charge is -2.47. The fourth-order valence-electron chi connectivity index (χ4n) is 4.72. The first-order chi connectivity index (χ1) is 14.0. The minimum Gasteiger partial charge on any atom is -0.508 e. The predicted molar refractivity (Wildman–Crippen MR) is 105 cm³/mol. The maximum absolute atomic E-state index is 13.4. The molecule has 2 aliphatic rings. The van der Waals surface area contributed by atoms with Gasteiger partial charge in [0, 0.05) is 5.92 Å². The number of likely N-dealkylation sites (N-methyl/N-ethyl adjacent to an activating group) is 1. The third kappa shape index (κ3) is 2.33. The molecule has 0 heterocycles. The number of nitrogens with two attached hydrogens (primary N) is 1. The van der Waals surface area contributed by atoms with Crippen LogP contribution in [-0.4, -0.2) is 68.5 Å². The monoisotopic (exact) mass is 412 g/mol. The predicted octanol–water partition coefficient (Wildman–Crippen LogP) is 0.147. The summed E-state index contributed by atoms with van der Waals surface area (Å²) in [6, 6.07) is 5.02. The summed E-state index contributed by atoms with van der Waals surface area (Å²) in [5.41, 5.74) is 1.83. The number of Topliss-reactive ketones (excluding diaryl/α,β-unsaturated/α-hetero) is 2. The number of aromatic hydroxyl groups is 2. The van der Waals surface area contributed by atoms with E-state index in [1.165, 1.54) is 11.0 Å². The van der Waals surface area contributed by atoms with Crippen molar-refractivity contribution in [2.24, 2.45) is 11.7 Å². The summed E-state index contributed by atoms with van der Waals surface area (Å²) in [6.07, 6.45) is -0.0541. The number of hydrogen-bond acceptors (Lipinski definition) is 8.